The summed E-state index contributed by atoms with van der Waals surface area (Å²) in [6.07, 6.45) is 5.42. The number of pyridine rings is 2. The largest absolute Gasteiger partial charge is 0.265 e. The zero-order valence-electron chi connectivity index (χ0n) is 7.44. The molecule has 0 amide bonds. The third kappa shape index (κ3) is 1.72. The maximum absolute atomic E-state index is 4.15. The Morgan fingerprint density at radius 1 is 0.923 bits per heavy atom. The molecule has 0 aliphatic rings. The highest BCUT2D eigenvalue weighted by Gasteiger charge is 1.95. The van der Waals surface area contributed by atoms with Gasteiger partial charge in [-0.15, -0.1) is 0 Å². The van der Waals surface area contributed by atoms with Crippen LogP contribution >= 0.6 is 0 Å². The highest BCUT2D eigenvalue weighted by Crippen LogP contribution is 2.17. The van der Waals surface area contributed by atoms with E-state index in [0.29, 0.717) is 0 Å². The Balaban J connectivity index is 2.48. The van der Waals surface area contributed by atoms with Gasteiger partial charge in [0.2, 0.25) is 0 Å². The standard InChI is InChI=1S/C11H10N2/c1-9-8-11(4-7-13-9)10-2-5-12-6-3-10/h2-8H,1H3. The highest BCUT2D eigenvalue weighted by molar-refractivity contribution is 5.62. The molecule has 0 bridgehead atoms. The molecule has 0 unspecified atom stereocenters. The summed E-state index contributed by atoms with van der Waals surface area (Å²) in [7, 11) is 0. The molecule has 0 saturated heterocycles. The summed E-state index contributed by atoms with van der Waals surface area (Å²) < 4.78 is 0. The Morgan fingerprint density at radius 3 is 2.31 bits per heavy atom. The van der Waals surface area contributed by atoms with Gasteiger partial charge in [0.15, 0.2) is 0 Å². The van der Waals surface area contributed by atoms with Crippen LogP contribution in [0.25, 0.3) is 11.1 Å². The molecule has 2 nitrogen and oxygen atoms in total. The molecule has 2 aromatic rings. The molecule has 0 atom stereocenters. The highest BCUT2D eigenvalue weighted by atomic mass is 14.6. The normalized spacial score (nSPS) is 9.92. The van der Waals surface area contributed by atoms with Crippen molar-refractivity contribution in [1.29, 1.82) is 0 Å². The van der Waals surface area contributed by atoms with Crippen LogP contribution in [0.15, 0.2) is 42.9 Å². The van der Waals surface area contributed by atoms with Gasteiger partial charge in [0.1, 0.15) is 0 Å². The van der Waals surface area contributed by atoms with Crippen molar-refractivity contribution >= 4 is 0 Å². The van der Waals surface area contributed by atoms with Gasteiger partial charge in [0, 0.05) is 24.3 Å². The average Bonchev–Trinajstić information content (AvgIpc) is 2.19. The van der Waals surface area contributed by atoms with E-state index in [1.54, 1.807) is 12.4 Å². The summed E-state index contributed by atoms with van der Waals surface area (Å²) >= 11 is 0. The van der Waals surface area contributed by atoms with Crippen LogP contribution in [0.1, 0.15) is 5.69 Å². The Kier molecular flexibility index (Phi) is 2.04. The molecule has 0 aliphatic carbocycles. The van der Waals surface area contributed by atoms with Crippen molar-refractivity contribution < 1.29 is 0 Å². The molecule has 0 fully saturated rings. The molecule has 2 rings (SSSR count). The van der Waals surface area contributed by atoms with Crippen molar-refractivity contribution in [2.24, 2.45) is 0 Å². The van der Waals surface area contributed by atoms with Gasteiger partial charge >= 0.3 is 0 Å². The minimum Gasteiger partial charge on any atom is -0.265 e. The molecule has 13 heavy (non-hydrogen) atoms. The van der Waals surface area contributed by atoms with Crippen LogP contribution in [-0.4, -0.2) is 9.97 Å². The van der Waals surface area contributed by atoms with Gasteiger partial charge in [-0.2, -0.15) is 0 Å². The van der Waals surface area contributed by atoms with E-state index in [4.69, 9.17) is 0 Å². The van der Waals surface area contributed by atoms with Crippen molar-refractivity contribution in [3.05, 3.63) is 48.5 Å². The zero-order valence-corrected chi connectivity index (χ0v) is 7.44. The SMILES string of the molecule is Cc1cc(-c2ccncc2)ccn1. The molecular formula is C11H10N2. The van der Waals surface area contributed by atoms with E-state index < -0.39 is 0 Å². The van der Waals surface area contributed by atoms with E-state index in [1.165, 1.54) is 11.1 Å². The summed E-state index contributed by atoms with van der Waals surface area (Å²) in [5, 5.41) is 0. The Bertz CT molecular complexity index is 396. The van der Waals surface area contributed by atoms with Gasteiger partial charge in [-0.05, 0) is 42.3 Å². The first-order chi connectivity index (χ1) is 6.36. The number of nitrogens with zero attached hydrogens (tertiary/aromatic N) is 2. The van der Waals surface area contributed by atoms with Crippen LogP contribution in [0.5, 0.6) is 0 Å². The number of hydrogen-bond donors (Lipinski definition) is 0. The lowest BCUT2D eigenvalue weighted by atomic mass is 10.1. The molecule has 0 spiro atoms. The zero-order chi connectivity index (χ0) is 9.10. The minimum absolute atomic E-state index is 1.04. The van der Waals surface area contributed by atoms with E-state index in [9.17, 15) is 0 Å². The van der Waals surface area contributed by atoms with Crippen molar-refractivity contribution in [2.45, 2.75) is 6.92 Å². The quantitative estimate of drug-likeness (QED) is 0.657. The fraction of sp³-hybridized carbons (Fsp3) is 0.0909. The maximum Gasteiger partial charge on any atom is 0.0378 e. The molecule has 2 heteroatoms. The van der Waals surface area contributed by atoms with E-state index in [2.05, 4.69) is 16.0 Å². The molecule has 64 valence electrons. The van der Waals surface area contributed by atoms with Crippen molar-refractivity contribution in [2.75, 3.05) is 0 Å². The lowest BCUT2D eigenvalue weighted by Crippen LogP contribution is -1.82. The van der Waals surface area contributed by atoms with Gasteiger partial charge in [-0.25, -0.2) is 0 Å². The van der Waals surface area contributed by atoms with Gasteiger partial charge in [0.05, 0.1) is 0 Å². The first-order valence-corrected chi connectivity index (χ1v) is 4.19. The fourth-order valence-electron chi connectivity index (χ4n) is 1.27. The minimum atomic E-state index is 1.04. The van der Waals surface area contributed by atoms with Crippen LogP contribution < -0.4 is 0 Å². The Hall–Kier alpha value is -1.70. The Labute approximate surface area is 77.3 Å². The molecule has 0 aliphatic heterocycles. The Morgan fingerprint density at radius 2 is 1.62 bits per heavy atom. The second-order valence-electron chi connectivity index (χ2n) is 2.92. The third-order valence-electron chi connectivity index (χ3n) is 1.91. The summed E-state index contributed by atoms with van der Waals surface area (Å²) in [5.74, 6) is 0. The van der Waals surface area contributed by atoms with E-state index in [-0.39, 0.29) is 0 Å². The van der Waals surface area contributed by atoms with Crippen molar-refractivity contribution in [3.8, 4) is 11.1 Å². The maximum atomic E-state index is 4.15. The first-order valence-electron chi connectivity index (χ1n) is 4.19. The van der Waals surface area contributed by atoms with Crippen molar-refractivity contribution in [3.63, 3.8) is 0 Å². The van der Waals surface area contributed by atoms with Crippen LogP contribution in [0.2, 0.25) is 0 Å². The predicted molar refractivity (Wildman–Crippen MR) is 52.2 cm³/mol. The van der Waals surface area contributed by atoms with Crippen molar-refractivity contribution in [1.82, 2.24) is 9.97 Å². The molecule has 0 saturated carbocycles. The lowest BCUT2D eigenvalue weighted by molar-refractivity contribution is 1.20. The summed E-state index contributed by atoms with van der Waals surface area (Å²) in [6.45, 7) is 1.99. The second kappa shape index (κ2) is 3.35. The summed E-state index contributed by atoms with van der Waals surface area (Å²) in [5.41, 5.74) is 3.41. The number of hydrogen-bond acceptors (Lipinski definition) is 2. The third-order valence-corrected chi connectivity index (χ3v) is 1.91. The molecule has 2 aromatic heterocycles. The van der Waals surface area contributed by atoms with Gasteiger partial charge in [-0.1, -0.05) is 0 Å². The van der Waals surface area contributed by atoms with E-state index in [1.807, 2.05) is 31.3 Å². The lowest BCUT2D eigenvalue weighted by Gasteiger charge is -2.00. The topological polar surface area (TPSA) is 25.8 Å². The smallest absolute Gasteiger partial charge is 0.0378 e. The second-order valence-corrected chi connectivity index (χ2v) is 2.92. The van der Waals surface area contributed by atoms with Gasteiger partial charge < -0.3 is 0 Å². The van der Waals surface area contributed by atoms with E-state index in [0.717, 1.165) is 5.69 Å². The average molecular weight is 170 g/mol. The number of aromatic nitrogens is 2. The number of aryl methyl sites for hydroxylation is 1. The molecular weight excluding hydrogens is 160 g/mol. The predicted octanol–water partition coefficient (Wildman–Crippen LogP) is 2.45. The van der Waals surface area contributed by atoms with Gasteiger partial charge in [0.25, 0.3) is 0 Å². The van der Waals surface area contributed by atoms with Crippen LogP contribution in [-0.2, 0) is 0 Å². The van der Waals surface area contributed by atoms with E-state index >= 15 is 0 Å². The molecule has 2 heterocycles. The molecule has 0 N–H and O–H groups in total. The number of rotatable bonds is 1. The summed E-state index contributed by atoms with van der Waals surface area (Å²) in [4.78, 5) is 8.13. The fourth-order valence-corrected chi connectivity index (χ4v) is 1.27. The first kappa shape index (κ1) is 7.92. The summed E-state index contributed by atoms with van der Waals surface area (Å²) in [6, 6.07) is 8.06. The molecule has 0 aromatic carbocycles. The van der Waals surface area contributed by atoms with Gasteiger partial charge in [-0.3, -0.25) is 9.97 Å². The molecule has 0 radical (unpaired) electrons. The van der Waals surface area contributed by atoms with Crippen LogP contribution in [0.4, 0.5) is 0 Å². The van der Waals surface area contributed by atoms with Crippen LogP contribution in [0, 0.1) is 6.92 Å². The monoisotopic (exact) mass is 170 g/mol. The van der Waals surface area contributed by atoms with Crippen LogP contribution in [0.3, 0.4) is 0 Å².